The molecule has 0 unspecified atom stereocenters. The van der Waals surface area contributed by atoms with E-state index in [0.717, 1.165) is 33.2 Å². The molecule has 3 aromatic rings. The normalized spacial score (nSPS) is 11.0. The van der Waals surface area contributed by atoms with Gasteiger partial charge in [-0.15, -0.1) is 0 Å². The van der Waals surface area contributed by atoms with Crippen molar-refractivity contribution in [3.8, 4) is 11.3 Å². The van der Waals surface area contributed by atoms with Crippen molar-refractivity contribution in [2.75, 3.05) is 27.2 Å². The molecule has 3 rings (SSSR count). The highest BCUT2D eigenvalue weighted by atomic mass is 79.9. The van der Waals surface area contributed by atoms with Crippen molar-refractivity contribution in [2.45, 2.75) is 0 Å². The second kappa shape index (κ2) is 7.72. The molecule has 25 heavy (non-hydrogen) atoms. The first kappa shape index (κ1) is 17.5. The molecule has 6 heteroatoms. The second-order valence-corrected chi connectivity index (χ2v) is 7.08. The highest BCUT2D eigenvalue weighted by Crippen LogP contribution is 2.27. The lowest BCUT2D eigenvalue weighted by Gasteiger charge is -2.12. The monoisotopic (exact) mass is 399 g/mol. The average molecular weight is 400 g/mol. The Morgan fingerprint density at radius 3 is 2.64 bits per heavy atom. The summed E-state index contributed by atoms with van der Waals surface area (Å²) in [5, 5.41) is 3.84. The van der Waals surface area contributed by atoms with Crippen LogP contribution in [0.25, 0.3) is 22.2 Å². The molecule has 0 saturated carbocycles. The quantitative estimate of drug-likeness (QED) is 0.688. The minimum Gasteiger partial charge on any atom is -0.346 e. The first-order valence-corrected chi connectivity index (χ1v) is 8.92. The molecule has 0 aliphatic carbocycles. The molecule has 0 fully saturated rings. The summed E-state index contributed by atoms with van der Waals surface area (Å²) in [6.07, 6.45) is 3.45. The first-order chi connectivity index (χ1) is 12.0. The summed E-state index contributed by atoms with van der Waals surface area (Å²) in [5.41, 5.74) is 3.12. The molecule has 128 valence electrons. The van der Waals surface area contributed by atoms with Crippen LogP contribution < -0.4 is 10.2 Å². The van der Waals surface area contributed by atoms with Crippen LogP contribution in [0.1, 0.15) is 10.4 Å². The summed E-state index contributed by atoms with van der Waals surface area (Å²) in [6, 6.07) is 11.4. The molecule has 2 aromatic heterocycles. The van der Waals surface area contributed by atoms with Crippen LogP contribution in [0.2, 0.25) is 0 Å². The predicted molar refractivity (Wildman–Crippen MR) is 103 cm³/mol. The minimum absolute atomic E-state index is 0.0814. The van der Waals surface area contributed by atoms with Gasteiger partial charge in [0, 0.05) is 27.8 Å². The van der Waals surface area contributed by atoms with Gasteiger partial charge in [-0.05, 0) is 36.4 Å². The van der Waals surface area contributed by atoms with Gasteiger partial charge in [0.25, 0.3) is 5.91 Å². The number of hydrogen-bond acceptors (Lipinski definition) is 3. The Bertz CT molecular complexity index is 897. The van der Waals surface area contributed by atoms with Gasteiger partial charge >= 0.3 is 0 Å². The van der Waals surface area contributed by atoms with Crippen LogP contribution in [-0.2, 0) is 0 Å². The highest BCUT2D eigenvalue weighted by molar-refractivity contribution is 9.10. The van der Waals surface area contributed by atoms with Crippen LogP contribution in [0.15, 0.2) is 53.3 Å². The average Bonchev–Trinajstić information content (AvgIpc) is 2.61. The van der Waals surface area contributed by atoms with Crippen molar-refractivity contribution in [3.63, 3.8) is 0 Å². The summed E-state index contributed by atoms with van der Waals surface area (Å²) in [5.74, 6) is -0.0814. The Morgan fingerprint density at radius 2 is 1.92 bits per heavy atom. The Morgan fingerprint density at radius 1 is 1.16 bits per heavy atom. The number of carbonyl (C=O) groups excluding carboxylic acids is 1. The van der Waals surface area contributed by atoms with Crippen LogP contribution in [-0.4, -0.2) is 43.1 Å². The van der Waals surface area contributed by atoms with Crippen molar-refractivity contribution in [1.29, 1.82) is 0 Å². The summed E-state index contributed by atoms with van der Waals surface area (Å²) < 4.78 is 0.922. The number of halogens is 1. The second-order valence-electron chi connectivity index (χ2n) is 6.17. The fourth-order valence-electron chi connectivity index (χ4n) is 2.58. The molecule has 1 aromatic carbocycles. The molecule has 0 radical (unpaired) electrons. The smallest absolute Gasteiger partial charge is 0.252 e. The SMILES string of the molecule is C[NH+](C)CCNC(=O)c1cc(-c2ccncc2)nc2ccc(Br)cc12. The third kappa shape index (κ3) is 4.21. The van der Waals surface area contributed by atoms with E-state index in [1.807, 2.05) is 36.4 Å². The number of quaternary nitrogens is 1. The first-order valence-electron chi connectivity index (χ1n) is 8.12. The fourth-order valence-corrected chi connectivity index (χ4v) is 2.94. The van der Waals surface area contributed by atoms with Crippen LogP contribution in [0.4, 0.5) is 0 Å². The Hall–Kier alpha value is -2.31. The lowest BCUT2D eigenvalue weighted by Crippen LogP contribution is -3.06. The Kier molecular flexibility index (Phi) is 5.40. The van der Waals surface area contributed by atoms with E-state index < -0.39 is 0 Å². The van der Waals surface area contributed by atoms with Crippen LogP contribution in [0, 0.1) is 0 Å². The molecule has 0 saturated heterocycles. The maximum atomic E-state index is 12.8. The van der Waals surface area contributed by atoms with Gasteiger partial charge in [0.1, 0.15) is 0 Å². The largest absolute Gasteiger partial charge is 0.346 e. The van der Waals surface area contributed by atoms with Crippen LogP contribution in [0.3, 0.4) is 0 Å². The molecule has 2 N–H and O–H groups in total. The standard InChI is InChI=1S/C19H19BrN4O/c1-24(2)10-9-22-19(25)16-12-18(13-5-7-21-8-6-13)23-17-4-3-14(20)11-15(16)17/h3-8,11-12H,9-10H2,1-2H3,(H,22,25)/p+1. The zero-order valence-corrected chi connectivity index (χ0v) is 15.8. The van der Waals surface area contributed by atoms with Crippen molar-refractivity contribution in [2.24, 2.45) is 0 Å². The summed E-state index contributed by atoms with van der Waals surface area (Å²) in [4.78, 5) is 22.8. The van der Waals surface area contributed by atoms with Gasteiger partial charge in [0.2, 0.25) is 0 Å². The van der Waals surface area contributed by atoms with Crippen molar-refractivity contribution >= 4 is 32.7 Å². The lowest BCUT2D eigenvalue weighted by atomic mass is 10.0. The molecular weight excluding hydrogens is 380 g/mol. The van der Waals surface area contributed by atoms with E-state index >= 15 is 0 Å². The summed E-state index contributed by atoms with van der Waals surface area (Å²) in [6.45, 7) is 1.50. The van der Waals surface area contributed by atoms with Gasteiger partial charge < -0.3 is 10.2 Å². The number of carbonyl (C=O) groups is 1. The Balaban J connectivity index is 2.04. The van der Waals surface area contributed by atoms with Gasteiger partial charge in [-0.1, -0.05) is 15.9 Å². The topological polar surface area (TPSA) is 59.3 Å². The highest BCUT2D eigenvalue weighted by Gasteiger charge is 2.14. The van der Waals surface area contributed by atoms with E-state index in [-0.39, 0.29) is 5.91 Å². The number of nitrogens with one attached hydrogen (secondary N) is 2. The maximum Gasteiger partial charge on any atom is 0.252 e. The van der Waals surface area contributed by atoms with Gasteiger partial charge in [-0.2, -0.15) is 0 Å². The minimum atomic E-state index is -0.0814. The van der Waals surface area contributed by atoms with Gasteiger partial charge in [-0.3, -0.25) is 9.78 Å². The van der Waals surface area contributed by atoms with E-state index in [1.54, 1.807) is 12.4 Å². The fraction of sp³-hybridized carbons (Fsp3) is 0.211. The molecule has 0 spiro atoms. The Labute approximate surface area is 155 Å². The van der Waals surface area contributed by atoms with E-state index in [4.69, 9.17) is 4.98 Å². The maximum absolute atomic E-state index is 12.8. The number of nitrogens with zero attached hydrogens (tertiary/aromatic N) is 2. The van der Waals surface area contributed by atoms with Crippen LogP contribution >= 0.6 is 15.9 Å². The van der Waals surface area contributed by atoms with Crippen molar-refractivity contribution in [1.82, 2.24) is 15.3 Å². The number of hydrogen-bond donors (Lipinski definition) is 2. The van der Waals surface area contributed by atoms with Crippen molar-refractivity contribution in [3.05, 3.63) is 58.8 Å². The van der Waals surface area contributed by atoms with E-state index in [9.17, 15) is 4.79 Å². The molecule has 0 aliphatic rings. The van der Waals surface area contributed by atoms with E-state index in [2.05, 4.69) is 40.3 Å². The van der Waals surface area contributed by atoms with Gasteiger partial charge in [0.15, 0.2) is 0 Å². The van der Waals surface area contributed by atoms with Gasteiger partial charge in [0.05, 0.1) is 44.0 Å². The van der Waals surface area contributed by atoms with E-state index in [0.29, 0.717) is 12.1 Å². The zero-order chi connectivity index (χ0) is 17.8. The van der Waals surface area contributed by atoms with Gasteiger partial charge in [-0.25, -0.2) is 4.98 Å². The number of pyridine rings is 2. The molecule has 0 aliphatic heterocycles. The molecule has 5 nitrogen and oxygen atoms in total. The zero-order valence-electron chi connectivity index (χ0n) is 14.2. The molecular formula is C19H20BrN4O+. The summed E-state index contributed by atoms with van der Waals surface area (Å²) >= 11 is 3.48. The number of fused-ring (bicyclic) bond motifs is 1. The third-order valence-electron chi connectivity index (χ3n) is 3.90. The number of aromatic nitrogens is 2. The lowest BCUT2D eigenvalue weighted by molar-refractivity contribution is -0.856. The number of likely N-dealkylation sites (N-methyl/N-ethyl adjacent to an activating group) is 1. The third-order valence-corrected chi connectivity index (χ3v) is 4.40. The summed E-state index contributed by atoms with van der Waals surface area (Å²) in [7, 11) is 4.12. The molecule has 0 bridgehead atoms. The molecule has 2 heterocycles. The molecule has 1 amide bonds. The number of amides is 1. The predicted octanol–water partition coefficient (Wildman–Crippen LogP) is 1.93. The number of benzene rings is 1. The van der Waals surface area contributed by atoms with Crippen molar-refractivity contribution < 1.29 is 9.69 Å². The van der Waals surface area contributed by atoms with Crippen LogP contribution in [0.5, 0.6) is 0 Å². The van der Waals surface area contributed by atoms with E-state index in [1.165, 1.54) is 4.90 Å². The molecule has 0 atom stereocenters. The number of rotatable bonds is 5.